The number of nitrogens with one attached hydrogen (secondary N) is 1. The minimum Gasteiger partial charge on any atom is -0.301 e. The Hall–Kier alpha value is -1.00. The second kappa shape index (κ2) is 6.41. The molecule has 0 saturated heterocycles. The number of halogens is 1. The summed E-state index contributed by atoms with van der Waals surface area (Å²) in [5, 5.41) is 3.01. The van der Waals surface area contributed by atoms with Crippen LogP contribution < -0.4 is 5.32 Å². The minimum absolute atomic E-state index is 0.105. The molecule has 0 saturated carbocycles. The van der Waals surface area contributed by atoms with Crippen LogP contribution in [0.1, 0.15) is 4.88 Å². The summed E-state index contributed by atoms with van der Waals surface area (Å²) in [4.78, 5) is 16.8. The van der Waals surface area contributed by atoms with Crippen LogP contribution in [0, 0.1) is 6.92 Å². The van der Waals surface area contributed by atoms with Crippen molar-refractivity contribution in [2.45, 2.75) is 11.1 Å². The maximum absolute atomic E-state index is 12.2. The monoisotopic (exact) mass is 365 g/mol. The fraction of sp³-hybridized carbons (Fsp3) is 0.273. The molecule has 0 aliphatic rings. The number of amides is 1. The largest absolute Gasteiger partial charge is 0.301 e. The molecule has 0 unspecified atom stereocenters. The summed E-state index contributed by atoms with van der Waals surface area (Å²) in [5.74, 6) is -0.446. The van der Waals surface area contributed by atoms with Gasteiger partial charge in [-0.1, -0.05) is 11.6 Å². The Morgan fingerprint density at radius 2 is 2.14 bits per heavy atom. The molecule has 1 N–H and O–H groups in total. The Kier molecular flexibility index (Phi) is 4.99. The number of aryl methyl sites for hydroxylation is 1. The van der Waals surface area contributed by atoms with Crippen molar-refractivity contribution in [3.05, 3.63) is 27.5 Å². The molecule has 2 aromatic heterocycles. The molecule has 0 radical (unpaired) electrons. The predicted molar refractivity (Wildman–Crippen MR) is 84.6 cm³/mol. The van der Waals surface area contributed by atoms with Crippen LogP contribution in [0.5, 0.6) is 0 Å². The van der Waals surface area contributed by atoms with Crippen molar-refractivity contribution in [1.82, 2.24) is 9.29 Å². The van der Waals surface area contributed by atoms with Crippen LogP contribution in [0.3, 0.4) is 0 Å². The van der Waals surface area contributed by atoms with Gasteiger partial charge in [0, 0.05) is 18.1 Å². The highest BCUT2D eigenvalue weighted by Gasteiger charge is 2.24. The number of thiophene rings is 1. The number of carbonyl (C=O) groups excluding carboxylic acids is 1. The van der Waals surface area contributed by atoms with Crippen LogP contribution in [-0.2, 0) is 14.8 Å². The highest BCUT2D eigenvalue weighted by molar-refractivity contribution is 7.91. The molecule has 2 heterocycles. The van der Waals surface area contributed by atoms with Gasteiger partial charge in [0.05, 0.1) is 10.9 Å². The Balaban J connectivity index is 2.03. The van der Waals surface area contributed by atoms with Gasteiger partial charge in [0.25, 0.3) is 10.0 Å². The number of hydrogen-bond donors (Lipinski definition) is 1. The quantitative estimate of drug-likeness (QED) is 0.882. The molecule has 0 atom stereocenters. The zero-order valence-corrected chi connectivity index (χ0v) is 14.4. The van der Waals surface area contributed by atoms with Crippen molar-refractivity contribution in [1.29, 1.82) is 0 Å². The molecule has 2 rings (SSSR count). The van der Waals surface area contributed by atoms with Gasteiger partial charge in [-0.15, -0.1) is 22.7 Å². The topological polar surface area (TPSA) is 79.4 Å². The lowest BCUT2D eigenvalue weighted by Gasteiger charge is -2.14. The van der Waals surface area contributed by atoms with Crippen LogP contribution in [-0.4, -0.2) is 37.2 Å². The van der Waals surface area contributed by atoms with Gasteiger partial charge < -0.3 is 5.32 Å². The van der Waals surface area contributed by atoms with E-state index in [1.807, 2.05) is 6.92 Å². The second-order valence-corrected chi connectivity index (χ2v) is 9.37. The number of hydrogen-bond acceptors (Lipinski definition) is 6. The zero-order valence-electron chi connectivity index (χ0n) is 11.2. The molecule has 0 aliphatic heterocycles. The number of rotatable bonds is 5. The molecule has 0 bridgehead atoms. The summed E-state index contributed by atoms with van der Waals surface area (Å²) >= 11 is 8.01. The summed E-state index contributed by atoms with van der Waals surface area (Å²) in [6.45, 7) is 1.57. The van der Waals surface area contributed by atoms with E-state index in [4.69, 9.17) is 11.6 Å². The highest BCUT2D eigenvalue weighted by Crippen LogP contribution is 2.27. The molecule has 1 amide bonds. The van der Waals surface area contributed by atoms with Crippen molar-refractivity contribution in [2.75, 3.05) is 18.9 Å². The fourth-order valence-electron chi connectivity index (χ4n) is 1.45. The molecule has 6 nitrogen and oxygen atoms in total. The van der Waals surface area contributed by atoms with E-state index in [0.29, 0.717) is 9.47 Å². The van der Waals surface area contributed by atoms with Gasteiger partial charge in [0.2, 0.25) is 5.91 Å². The van der Waals surface area contributed by atoms with Gasteiger partial charge in [-0.2, -0.15) is 4.31 Å². The van der Waals surface area contributed by atoms with E-state index in [1.165, 1.54) is 30.5 Å². The van der Waals surface area contributed by atoms with E-state index in [0.717, 1.165) is 20.5 Å². The number of likely N-dealkylation sites (N-methyl/N-ethyl adjacent to an activating group) is 1. The minimum atomic E-state index is -3.71. The fourth-order valence-corrected chi connectivity index (χ4v) is 4.95. The molecule has 0 fully saturated rings. The lowest BCUT2D eigenvalue weighted by molar-refractivity contribution is -0.116. The molecule has 0 spiro atoms. The average Bonchev–Trinajstić information content (AvgIpc) is 2.98. The molecular weight excluding hydrogens is 354 g/mol. The number of nitrogens with zero attached hydrogens (tertiary/aromatic N) is 2. The van der Waals surface area contributed by atoms with Crippen molar-refractivity contribution >= 4 is 55.3 Å². The van der Waals surface area contributed by atoms with Gasteiger partial charge in [-0.05, 0) is 19.1 Å². The lowest BCUT2D eigenvalue weighted by Crippen LogP contribution is -2.34. The van der Waals surface area contributed by atoms with E-state index in [2.05, 4.69) is 10.3 Å². The maximum Gasteiger partial charge on any atom is 0.252 e. The third kappa shape index (κ3) is 4.01. The molecule has 2 aromatic rings. The highest BCUT2D eigenvalue weighted by atomic mass is 35.5. The Morgan fingerprint density at radius 1 is 1.43 bits per heavy atom. The van der Waals surface area contributed by atoms with Crippen LogP contribution in [0.4, 0.5) is 5.13 Å². The lowest BCUT2D eigenvalue weighted by atomic mass is 10.6. The summed E-state index contributed by atoms with van der Waals surface area (Å²) in [6, 6.07) is 2.92. The number of carbonyl (C=O) groups is 1. The Bertz CT molecular complexity index is 754. The third-order valence-corrected chi connectivity index (χ3v) is 6.78. The second-order valence-electron chi connectivity index (χ2n) is 4.14. The van der Waals surface area contributed by atoms with Crippen LogP contribution in [0.15, 0.2) is 22.5 Å². The summed E-state index contributed by atoms with van der Waals surface area (Å²) in [5.41, 5.74) is 0. The Morgan fingerprint density at radius 3 is 2.67 bits per heavy atom. The molecule has 21 heavy (non-hydrogen) atoms. The van der Waals surface area contributed by atoms with Crippen molar-refractivity contribution in [3.63, 3.8) is 0 Å². The van der Waals surface area contributed by atoms with E-state index >= 15 is 0 Å². The smallest absolute Gasteiger partial charge is 0.252 e. The number of aromatic nitrogens is 1. The SMILES string of the molecule is Cc1cnc(NC(=O)CN(C)S(=O)(=O)c2ccc(Cl)s2)s1. The standard InChI is InChI=1S/C11H12ClN3O3S3/c1-7-5-13-11(19-7)14-9(16)6-15(2)21(17,18)10-4-3-8(12)20-10/h3-5H,6H2,1-2H3,(H,13,14,16). The van der Waals surface area contributed by atoms with Crippen LogP contribution >= 0.6 is 34.3 Å². The molecule has 114 valence electrons. The number of thiazole rings is 1. The van der Waals surface area contributed by atoms with Gasteiger partial charge in [0.1, 0.15) is 4.21 Å². The van der Waals surface area contributed by atoms with E-state index in [1.54, 1.807) is 6.20 Å². The summed E-state index contributed by atoms with van der Waals surface area (Å²) in [7, 11) is -2.37. The summed E-state index contributed by atoms with van der Waals surface area (Å²) in [6.07, 6.45) is 1.63. The molecule has 10 heteroatoms. The van der Waals surface area contributed by atoms with Crippen molar-refractivity contribution in [2.24, 2.45) is 0 Å². The first-order valence-electron chi connectivity index (χ1n) is 5.73. The molecule has 0 aliphatic carbocycles. The number of anilines is 1. The summed E-state index contributed by atoms with van der Waals surface area (Å²) < 4.78 is 25.9. The zero-order chi connectivity index (χ0) is 15.6. The first-order chi connectivity index (χ1) is 9.79. The van der Waals surface area contributed by atoms with Crippen molar-refractivity contribution in [3.8, 4) is 0 Å². The Labute approximate surface area is 135 Å². The van der Waals surface area contributed by atoms with E-state index in [-0.39, 0.29) is 10.8 Å². The first-order valence-corrected chi connectivity index (χ1v) is 9.18. The van der Waals surface area contributed by atoms with Crippen LogP contribution in [0.25, 0.3) is 0 Å². The first kappa shape index (κ1) is 16.4. The van der Waals surface area contributed by atoms with Gasteiger partial charge >= 0.3 is 0 Å². The van der Waals surface area contributed by atoms with Gasteiger partial charge in [-0.3, -0.25) is 4.79 Å². The third-order valence-electron chi connectivity index (χ3n) is 2.45. The normalized spacial score (nSPS) is 11.8. The number of sulfonamides is 1. The predicted octanol–water partition coefficient (Wildman–Crippen LogP) is 2.43. The van der Waals surface area contributed by atoms with E-state index in [9.17, 15) is 13.2 Å². The maximum atomic E-state index is 12.2. The van der Waals surface area contributed by atoms with E-state index < -0.39 is 15.9 Å². The molecular formula is C11H12ClN3O3S3. The van der Waals surface area contributed by atoms with Gasteiger partial charge in [-0.25, -0.2) is 13.4 Å². The van der Waals surface area contributed by atoms with Gasteiger partial charge in [0.15, 0.2) is 5.13 Å². The average molecular weight is 366 g/mol. The van der Waals surface area contributed by atoms with Crippen molar-refractivity contribution < 1.29 is 13.2 Å². The van der Waals surface area contributed by atoms with Crippen LogP contribution in [0.2, 0.25) is 4.34 Å². The molecule has 0 aromatic carbocycles.